The maximum absolute atomic E-state index is 12.2. The van der Waals surface area contributed by atoms with Gasteiger partial charge in [0.15, 0.2) is 5.78 Å². The molecular formula is C13H16N4O. The molecule has 18 heavy (non-hydrogen) atoms. The third kappa shape index (κ3) is 2.31. The molecule has 0 saturated heterocycles. The van der Waals surface area contributed by atoms with E-state index in [1.165, 1.54) is 10.9 Å². The summed E-state index contributed by atoms with van der Waals surface area (Å²) in [5, 5.41) is 7.74. The van der Waals surface area contributed by atoms with Crippen LogP contribution in [0.2, 0.25) is 0 Å². The van der Waals surface area contributed by atoms with Crippen LogP contribution in [0, 0.1) is 5.92 Å². The Morgan fingerprint density at radius 2 is 1.94 bits per heavy atom. The summed E-state index contributed by atoms with van der Waals surface area (Å²) in [6.07, 6.45) is 1.46. The number of benzene rings is 1. The first-order valence-electron chi connectivity index (χ1n) is 5.87. The van der Waals surface area contributed by atoms with E-state index in [9.17, 15) is 4.79 Å². The van der Waals surface area contributed by atoms with Crippen LogP contribution < -0.4 is 5.73 Å². The predicted molar refractivity (Wildman–Crippen MR) is 68.5 cm³/mol. The average molecular weight is 244 g/mol. The Morgan fingerprint density at radius 3 is 2.56 bits per heavy atom. The number of carbonyl (C=O) groups is 1. The Morgan fingerprint density at radius 1 is 1.28 bits per heavy atom. The highest BCUT2D eigenvalue weighted by molar-refractivity contribution is 5.98. The summed E-state index contributed by atoms with van der Waals surface area (Å²) in [6, 6.07) is 8.87. The molecule has 0 bridgehead atoms. The van der Waals surface area contributed by atoms with Crippen LogP contribution in [-0.4, -0.2) is 26.8 Å². The van der Waals surface area contributed by atoms with Crippen molar-refractivity contribution in [3.05, 3.63) is 42.2 Å². The Hall–Kier alpha value is -2.01. The summed E-state index contributed by atoms with van der Waals surface area (Å²) in [4.78, 5) is 12.2. The molecule has 5 heteroatoms. The zero-order valence-corrected chi connectivity index (χ0v) is 10.4. The fourth-order valence-electron chi connectivity index (χ4n) is 1.64. The van der Waals surface area contributed by atoms with Gasteiger partial charge in [-0.15, -0.1) is 5.10 Å². The molecule has 2 aromatic rings. The first-order chi connectivity index (χ1) is 8.61. The van der Waals surface area contributed by atoms with Crippen molar-refractivity contribution in [2.45, 2.75) is 19.9 Å². The zero-order chi connectivity index (χ0) is 13.1. The third-order valence-electron chi connectivity index (χ3n) is 2.82. The lowest BCUT2D eigenvalue weighted by Gasteiger charge is -2.14. The molecule has 0 fully saturated rings. The summed E-state index contributed by atoms with van der Waals surface area (Å²) in [5.41, 5.74) is 7.10. The molecule has 0 spiro atoms. The molecule has 5 nitrogen and oxygen atoms in total. The van der Waals surface area contributed by atoms with Gasteiger partial charge in [-0.1, -0.05) is 37.3 Å². The minimum absolute atomic E-state index is 0.0802. The third-order valence-corrected chi connectivity index (χ3v) is 2.82. The quantitative estimate of drug-likeness (QED) is 0.826. The summed E-state index contributed by atoms with van der Waals surface area (Å²) >= 11 is 0. The van der Waals surface area contributed by atoms with Gasteiger partial charge in [-0.25, -0.2) is 4.68 Å². The molecule has 1 aromatic carbocycles. The van der Waals surface area contributed by atoms with E-state index >= 15 is 0 Å². The fourth-order valence-corrected chi connectivity index (χ4v) is 1.64. The Kier molecular flexibility index (Phi) is 3.53. The van der Waals surface area contributed by atoms with Crippen molar-refractivity contribution < 1.29 is 4.79 Å². The van der Waals surface area contributed by atoms with Gasteiger partial charge in [-0.05, 0) is 18.1 Å². The van der Waals surface area contributed by atoms with Crippen LogP contribution in [0.1, 0.15) is 24.3 Å². The van der Waals surface area contributed by atoms with E-state index in [-0.39, 0.29) is 11.7 Å². The van der Waals surface area contributed by atoms with E-state index in [0.29, 0.717) is 5.69 Å². The first-order valence-corrected chi connectivity index (χ1v) is 5.87. The van der Waals surface area contributed by atoms with Crippen molar-refractivity contribution in [3.63, 3.8) is 0 Å². The molecule has 1 aromatic heterocycles. The van der Waals surface area contributed by atoms with Crippen molar-refractivity contribution >= 4 is 5.78 Å². The van der Waals surface area contributed by atoms with Crippen molar-refractivity contribution in [3.8, 4) is 5.69 Å². The maximum atomic E-state index is 12.2. The number of nitrogens with zero attached hydrogens (tertiary/aromatic N) is 3. The minimum atomic E-state index is -0.536. The Balaban J connectivity index is 2.37. The zero-order valence-electron chi connectivity index (χ0n) is 10.4. The lowest BCUT2D eigenvalue weighted by atomic mass is 9.99. The highest BCUT2D eigenvalue weighted by atomic mass is 16.1. The number of para-hydroxylation sites is 1. The minimum Gasteiger partial charge on any atom is -0.321 e. The number of hydrogen-bond acceptors (Lipinski definition) is 4. The van der Waals surface area contributed by atoms with Gasteiger partial charge in [0.25, 0.3) is 0 Å². The molecule has 0 amide bonds. The number of nitrogens with two attached hydrogens (primary N) is 1. The second kappa shape index (κ2) is 5.10. The number of carbonyl (C=O) groups excluding carboxylic acids is 1. The van der Waals surface area contributed by atoms with Gasteiger partial charge in [0, 0.05) is 0 Å². The van der Waals surface area contributed by atoms with Gasteiger partial charge < -0.3 is 5.73 Å². The van der Waals surface area contributed by atoms with Crippen LogP contribution >= 0.6 is 0 Å². The van der Waals surface area contributed by atoms with Crippen LogP contribution in [-0.2, 0) is 0 Å². The molecule has 0 saturated carbocycles. The molecule has 1 unspecified atom stereocenters. The smallest absolute Gasteiger partial charge is 0.199 e. The summed E-state index contributed by atoms with van der Waals surface area (Å²) in [5.74, 6) is -0.0597. The van der Waals surface area contributed by atoms with E-state index in [4.69, 9.17) is 5.73 Å². The molecule has 1 atom stereocenters. The van der Waals surface area contributed by atoms with Gasteiger partial charge in [0.1, 0.15) is 5.69 Å². The molecule has 0 aliphatic heterocycles. The molecule has 2 rings (SSSR count). The van der Waals surface area contributed by atoms with E-state index < -0.39 is 6.04 Å². The standard InChI is InChI=1S/C13H16N4O/c1-9(2)12(14)13(18)11-8-15-16-17(11)10-6-4-3-5-7-10/h3-9,12H,14H2,1-2H3. The molecular weight excluding hydrogens is 228 g/mol. The Bertz CT molecular complexity index is 533. The van der Waals surface area contributed by atoms with Crippen LogP contribution in [0.3, 0.4) is 0 Å². The maximum Gasteiger partial charge on any atom is 0.199 e. The number of aromatic nitrogens is 3. The topological polar surface area (TPSA) is 73.8 Å². The van der Waals surface area contributed by atoms with E-state index in [1.807, 2.05) is 44.2 Å². The first kappa shape index (κ1) is 12.4. The number of Topliss-reactive ketones (excluding diaryl/α,β-unsaturated/α-hetero) is 1. The lowest BCUT2D eigenvalue weighted by Crippen LogP contribution is -2.36. The molecule has 1 heterocycles. The largest absolute Gasteiger partial charge is 0.321 e. The van der Waals surface area contributed by atoms with Crippen molar-refractivity contribution in [1.82, 2.24) is 15.0 Å². The predicted octanol–water partition coefficient (Wildman–Crippen LogP) is 1.43. The van der Waals surface area contributed by atoms with Gasteiger partial charge >= 0.3 is 0 Å². The lowest BCUT2D eigenvalue weighted by molar-refractivity contribution is 0.0933. The Labute approximate surface area is 106 Å². The van der Waals surface area contributed by atoms with E-state index in [0.717, 1.165) is 5.69 Å². The summed E-state index contributed by atoms with van der Waals surface area (Å²) in [7, 11) is 0. The highest BCUT2D eigenvalue weighted by Gasteiger charge is 2.23. The second-order valence-corrected chi connectivity index (χ2v) is 4.50. The summed E-state index contributed by atoms with van der Waals surface area (Å²) in [6.45, 7) is 3.83. The number of rotatable bonds is 4. The SMILES string of the molecule is CC(C)C(N)C(=O)c1cnnn1-c1ccccc1. The molecule has 2 N–H and O–H groups in total. The molecule has 0 aliphatic rings. The van der Waals surface area contributed by atoms with Crippen LogP contribution in [0.25, 0.3) is 5.69 Å². The van der Waals surface area contributed by atoms with Crippen molar-refractivity contribution in [1.29, 1.82) is 0 Å². The van der Waals surface area contributed by atoms with Crippen LogP contribution in [0.4, 0.5) is 0 Å². The van der Waals surface area contributed by atoms with Gasteiger partial charge in [0.2, 0.25) is 0 Å². The van der Waals surface area contributed by atoms with Gasteiger partial charge in [0.05, 0.1) is 17.9 Å². The monoisotopic (exact) mass is 244 g/mol. The van der Waals surface area contributed by atoms with Crippen LogP contribution in [0.15, 0.2) is 36.5 Å². The highest BCUT2D eigenvalue weighted by Crippen LogP contribution is 2.12. The molecule has 0 radical (unpaired) electrons. The summed E-state index contributed by atoms with van der Waals surface area (Å²) < 4.78 is 1.52. The van der Waals surface area contributed by atoms with Gasteiger partial charge in [-0.2, -0.15) is 0 Å². The van der Waals surface area contributed by atoms with Crippen molar-refractivity contribution in [2.24, 2.45) is 11.7 Å². The fraction of sp³-hybridized carbons (Fsp3) is 0.308. The van der Waals surface area contributed by atoms with Gasteiger partial charge in [-0.3, -0.25) is 4.79 Å². The van der Waals surface area contributed by atoms with Crippen LogP contribution in [0.5, 0.6) is 0 Å². The number of hydrogen-bond donors (Lipinski definition) is 1. The van der Waals surface area contributed by atoms with E-state index in [1.54, 1.807) is 0 Å². The van der Waals surface area contributed by atoms with Crippen molar-refractivity contribution in [2.75, 3.05) is 0 Å². The average Bonchev–Trinajstić information content (AvgIpc) is 2.87. The normalized spacial score (nSPS) is 12.7. The molecule has 0 aliphatic carbocycles. The second-order valence-electron chi connectivity index (χ2n) is 4.50. The van der Waals surface area contributed by atoms with E-state index in [2.05, 4.69) is 10.3 Å². The number of ketones is 1. The molecule has 94 valence electrons.